The first-order chi connectivity index (χ1) is 11.7. The van der Waals surface area contributed by atoms with E-state index in [2.05, 4.69) is 36.4 Å². The van der Waals surface area contributed by atoms with Crippen LogP contribution in [-0.2, 0) is 15.0 Å². The SMILES string of the molecule is CC(C)(C)c1csc(NC(=O)CSCC(=O)Nc2ccc(Cl)cc2)n1. The largest absolute Gasteiger partial charge is 0.325 e. The van der Waals surface area contributed by atoms with Crippen LogP contribution in [0, 0.1) is 0 Å². The number of benzene rings is 1. The first kappa shape index (κ1) is 19.8. The number of nitrogens with one attached hydrogen (secondary N) is 2. The van der Waals surface area contributed by atoms with Gasteiger partial charge >= 0.3 is 0 Å². The number of carbonyl (C=O) groups excluding carboxylic acids is 2. The Balaban J connectivity index is 1.72. The number of hydrogen-bond acceptors (Lipinski definition) is 5. The van der Waals surface area contributed by atoms with Crippen LogP contribution in [0.5, 0.6) is 0 Å². The average molecular weight is 398 g/mol. The normalized spacial score (nSPS) is 11.2. The highest BCUT2D eigenvalue weighted by molar-refractivity contribution is 8.00. The van der Waals surface area contributed by atoms with E-state index in [0.29, 0.717) is 15.8 Å². The van der Waals surface area contributed by atoms with Gasteiger partial charge in [0.2, 0.25) is 11.8 Å². The van der Waals surface area contributed by atoms with Crippen molar-refractivity contribution in [1.29, 1.82) is 0 Å². The topological polar surface area (TPSA) is 71.1 Å². The summed E-state index contributed by atoms with van der Waals surface area (Å²) in [7, 11) is 0. The highest BCUT2D eigenvalue weighted by atomic mass is 35.5. The van der Waals surface area contributed by atoms with E-state index in [1.165, 1.54) is 23.1 Å². The molecule has 0 aliphatic heterocycles. The number of rotatable bonds is 6. The number of nitrogens with zero attached hydrogens (tertiary/aromatic N) is 1. The van der Waals surface area contributed by atoms with Gasteiger partial charge in [-0.25, -0.2) is 4.98 Å². The number of halogens is 1. The van der Waals surface area contributed by atoms with Crippen LogP contribution in [-0.4, -0.2) is 28.3 Å². The Kier molecular flexibility index (Phi) is 6.87. The number of anilines is 2. The number of carbonyl (C=O) groups is 2. The molecule has 25 heavy (non-hydrogen) atoms. The summed E-state index contributed by atoms with van der Waals surface area (Å²) in [5, 5.41) is 8.66. The molecule has 0 fully saturated rings. The van der Waals surface area contributed by atoms with Crippen molar-refractivity contribution in [2.24, 2.45) is 0 Å². The third-order valence-electron chi connectivity index (χ3n) is 3.11. The summed E-state index contributed by atoms with van der Waals surface area (Å²) in [4.78, 5) is 28.2. The molecule has 2 rings (SSSR count). The molecule has 1 heterocycles. The molecule has 0 unspecified atom stereocenters. The van der Waals surface area contributed by atoms with Gasteiger partial charge in [-0.1, -0.05) is 32.4 Å². The Morgan fingerprint density at radius 2 is 1.72 bits per heavy atom. The van der Waals surface area contributed by atoms with Crippen LogP contribution in [0.2, 0.25) is 5.02 Å². The molecule has 134 valence electrons. The van der Waals surface area contributed by atoms with Crippen LogP contribution in [0.25, 0.3) is 0 Å². The third-order valence-corrected chi connectivity index (χ3v) is 5.06. The van der Waals surface area contributed by atoms with Gasteiger partial charge in [-0.2, -0.15) is 0 Å². The molecule has 2 amide bonds. The Morgan fingerprint density at radius 1 is 1.12 bits per heavy atom. The summed E-state index contributed by atoms with van der Waals surface area (Å²) >= 11 is 8.45. The molecule has 1 aromatic carbocycles. The Bertz CT molecular complexity index is 739. The molecular formula is C17H20ClN3O2S2. The number of thiazole rings is 1. The summed E-state index contributed by atoms with van der Waals surface area (Å²) in [6.45, 7) is 6.22. The molecular weight excluding hydrogens is 378 g/mol. The molecule has 5 nitrogen and oxygen atoms in total. The molecule has 0 saturated carbocycles. The lowest BCUT2D eigenvalue weighted by Gasteiger charge is -2.14. The van der Waals surface area contributed by atoms with Crippen molar-refractivity contribution in [3.05, 3.63) is 40.4 Å². The zero-order valence-corrected chi connectivity index (χ0v) is 16.6. The monoisotopic (exact) mass is 397 g/mol. The predicted octanol–water partition coefficient (Wildman–Crippen LogP) is 4.40. The molecule has 0 aliphatic rings. The Hall–Kier alpha value is -1.57. The molecule has 0 bridgehead atoms. The summed E-state index contributed by atoms with van der Waals surface area (Å²) in [5.41, 5.74) is 1.58. The standard InChI is InChI=1S/C17H20ClN3O2S2/c1-17(2,3)13-8-25-16(20-13)21-15(23)10-24-9-14(22)19-12-6-4-11(18)5-7-12/h4-8H,9-10H2,1-3H3,(H,19,22)(H,20,21,23). The molecule has 8 heteroatoms. The van der Waals surface area contributed by atoms with Crippen molar-refractivity contribution in [2.45, 2.75) is 26.2 Å². The fourth-order valence-electron chi connectivity index (χ4n) is 1.80. The number of hydrogen-bond donors (Lipinski definition) is 2. The maximum absolute atomic E-state index is 11.9. The molecule has 0 atom stereocenters. The van der Waals surface area contributed by atoms with Crippen molar-refractivity contribution >= 4 is 57.3 Å². The van der Waals surface area contributed by atoms with Gasteiger partial charge in [0.25, 0.3) is 0 Å². The lowest BCUT2D eigenvalue weighted by atomic mass is 9.93. The van der Waals surface area contributed by atoms with Gasteiger partial charge in [-0.3, -0.25) is 9.59 Å². The Morgan fingerprint density at radius 3 is 2.28 bits per heavy atom. The van der Waals surface area contributed by atoms with Gasteiger partial charge in [0.05, 0.1) is 17.2 Å². The highest BCUT2D eigenvalue weighted by Crippen LogP contribution is 2.26. The number of thioether (sulfide) groups is 1. The molecule has 0 aliphatic carbocycles. The van der Waals surface area contributed by atoms with E-state index in [4.69, 9.17) is 11.6 Å². The lowest BCUT2D eigenvalue weighted by molar-refractivity contribution is -0.114. The lowest BCUT2D eigenvalue weighted by Crippen LogP contribution is -2.18. The second-order valence-electron chi connectivity index (χ2n) is 6.38. The van der Waals surface area contributed by atoms with Crippen LogP contribution < -0.4 is 10.6 Å². The van der Waals surface area contributed by atoms with Crippen LogP contribution >= 0.6 is 34.7 Å². The van der Waals surface area contributed by atoms with E-state index in [9.17, 15) is 9.59 Å². The quantitative estimate of drug-likeness (QED) is 0.757. The second-order valence-corrected chi connectivity index (χ2v) is 8.66. The van der Waals surface area contributed by atoms with Crippen LogP contribution in [0.3, 0.4) is 0 Å². The van der Waals surface area contributed by atoms with E-state index >= 15 is 0 Å². The molecule has 2 aromatic rings. The fourth-order valence-corrected chi connectivity index (χ4v) is 3.49. The number of aromatic nitrogens is 1. The Labute approximate surface area is 160 Å². The summed E-state index contributed by atoms with van der Waals surface area (Å²) < 4.78 is 0. The van der Waals surface area contributed by atoms with Gasteiger partial charge < -0.3 is 10.6 Å². The van der Waals surface area contributed by atoms with Gasteiger partial charge in [-0.05, 0) is 24.3 Å². The maximum atomic E-state index is 11.9. The first-order valence-corrected chi connectivity index (χ1v) is 10.0. The van der Waals surface area contributed by atoms with Crippen molar-refractivity contribution in [3.8, 4) is 0 Å². The summed E-state index contributed by atoms with van der Waals surface area (Å²) in [6, 6.07) is 6.87. The smallest absolute Gasteiger partial charge is 0.236 e. The average Bonchev–Trinajstić information content (AvgIpc) is 2.98. The minimum atomic E-state index is -0.167. The molecule has 0 saturated heterocycles. The highest BCUT2D eigenvalue weighted by Gasteiger charge is 2.18. The fraction of sp³-hybridized carbons (Fsp3) is 0.353. The van der Waals surface area contributed by atoms with Gasteiger partial charge in [0.15, 0.2) is 5.13 Å². The minimum absolute atomic E-state index is 0.0476. The van der Waals surface area contributed by atoms with Crippen molar-refractivity contribution < 1.29 is 9.59 Å². The summed E-state index contributed by atoms with van der Waals surface area (Å²) in [6.07, 6.45) is 0. The van der Waals surface area contributed by atoms with E-state index in [-0.39, 0.29) is 28.7 Å². The first-order valence-electron chi connectivity index (χ1n) is 7.63. The summed E-state index contributed by atoms with van der Waals surface area (Å²) in [5.74, 6) is 0.0584. The van der Waals surface area contributed by atoms with Crippen molar-refractivity contribution in [3.63, 3.8) is 0 Å². The van der Waals surface area contributed by atoms with Crippen molar-refractivity contribution in [1.82, 2.24) is 4.98 Å². The van der Waals surface area contributed by atoms with Crippen molar-refractivity contribution in [2.75, 3.05) is 22.1 Å². The molecule has 0 radical (unpaired) electrons. The second kappa shape index (κ2) is 8.69. The molecule has 2 N–H and O–H groups in total. The van der Waals surface area contributed by atoms with Crippen LogP contribution in [0.15, 0.2) is 29.6 Å². The van der Waals surface area contributed by atoms with Gasteiger partial charge in [0.1, 0.15) is 0 Å². The van der Waals surface area contributed by atoms with Gasteiger partial charge in [-0.15, -0.1) is 23.1 Å². The molecule has 0 spiro atoms. The van der Waals surface area contributed by atoms with E-state index in [1.807, 2.05) is 5.38 Å². The minimum Gasteiger partial charge on any atom is -0.325 e. The van der Waals surface area contributed by atoms with Crippen LogP contribution in [0.1, 0.15) is 26.5 Å². The zero-order valence-electron chi connectivity index (χ0n) is 14.3. The van der Waals surface area contributed by atoms with Crippen LogP contribution in [0.4, 0.5) is 10.8 Å². The third kappa shape index (κ3) is 6.68. The maximum Gasteiger partial charge on any atom is 0.236 e. The van der Waals surface area contributed by atoms with E-state index in [1.54, 1.807) is 24.3 Å². The van der Waals surface area contributed by atoms with E-state index < -0.39 is 0 Å². The molecule has 1 aromatic heterocycles. The van der Waals surface area contributed by atoms with E-state index in [0.717, 1.165) is 5.69 Å². The number of amides is 2. The zero-order chi connectivity index (χ0) is 18.4. The predicted molar refractivity (Wildman–Crippen MR) is 107 cm³/mol. The van der Waals surface area contributed by atoms with Gasteiger partial charge in [0, 0.05) is 21.5 Å².